The average molecular weight is 474 g/mol. The summed E-state index contributed by atoms with van der Waals surface area (Å²) in [6.45, 7) is 0.324. The number of benzene rings is 2. The molecule has 0 aliphatic heterocycles. The number of halogens is 1. The van der Waals surface area contributed by atoms with Gasteiger partial charge in [0, 0.05) is 24.4 Å². The van der Waals surface area contributed by atoms with Gasteiger partial charge >= 0.3 is 0 Å². The van der Waals surface area contributed by atoms with Crippen molar-refractivity contribution in [1.29, 1.82) is 0 Å². The smallest absolute Gasteiger partial charge is 0.272 e. The molecule has 4 rings (SSSR count). The molecule has 9 heteroatoms. The van der Waals surface area contributed by atoms with Crippen molar-refractivity contribution in [1.82, 2.24) is 20.5 Å². The summed E-state index contributed by atoms with van der Waals surface area (Å²) in [4.78, 5) is 40.5. The Morgan fingerprint density at radius 3 is 2.66 bits per heavy atom. The third-order valence-electron chi connectivity index (χ3n) is 5.50. The van der Waals surface area contributed by atoms with Crippen LogP contribution in [0.25, 0.3) is 10.8 Å². The molecule has 2 aromatic carbocycles. The number of hydrogen-bond acceptors (Lipinski definition) is 5. The van der Waals surface area contributed by atoms with Crippen LogP contribution in [0.4, 0.5) is 10.1 Å². The van der Waals surface area contributed by atoms with E-state index in [0.29, 0.717) is 30.2 Å². The summed E-state index contributed by atoms with van der Waals surface area (Å²) in [5, 5.41) is 12.9. The van der Waals surface area contributed by atoms with Crippen LogP contribution >= 0.6 is 0 Å². The minimum absolute atomic E-state index is 0.0725. The van der Waals surface area contributed by atoms with Gasteiger partial charge in [0.2, 0.25) is 11.8 Å². The minimum atomic E-state index is -0.550. The Kier molecular flexibility index (Phi) is 7.57. The van der Waals surface area contributed by atoms with Crippen LogP contribution in [0.15, 0.2) is 71.8 Å². The van der Waals surface area contributed by atoms with Crippen molar-refractivity contribution in [2.24, 2.45) is 0 Å². The Labute approximate surface area is 200 Å². The highest BCUT2D eigenvalue weighted by Crippen LogP contribution is 2.22. The fourth-order valence-corrected chi connectivity index (χ4v) is 3.73. The zero-order valence-electron chi connectivity index (χ0n) is 18.9. The van der Waals surface area contributed by atoms with Crippen LogP contribution in [0, 0.1) is 5.82 Å². The first-order valence-corrected chi connectivity index (χ1v) is 11.2. The predicted octanol–water partition coefficient (Wildman–Crippen LogP) is 3.47. The number of carbonyl (C=O) groups excluding carboxylic acids is 2. The summed E-state index contributed by atoms with van der Waals surface area (Å²) in [6, 6.07) is 15.3. The van der Waals surface area contributed by atoms with Gasteiger partial charge in [-0.1, -0.05) is 24.3 Å². The molecule has 3 N–H and O–H groups in total. The molecule has 0 aliphatic rings. The zero-order chi connectivity index (χ0) is 24.6. The molecule has 2 heterocycles. The van der Waals surface area contributed by atoms with Crippen LogP contribution in [0.3, 0.4) is 0 Å². The van der Waals surface area contributed by atoms with E-state index in [0.717, 1.165) is 16.8 Å². The standard InChI is InChI=1S/C26H24FN5O3/c27-22-11-10-17(13-18-5-3-7-20-21(18)16-30-32-26(20)35)14-23(22)31-25(34)9-4-8-24(33)29-15-19-6-1-2-12-28-19/h1-3,5-7,10-12,14,16H,4,8-9,13,15H2,(H,29,33)(H,31,34)(H,32,35). The lowest BCUT2D eigenvalue weighted by atomic mass is 10.00. The lowest BCUT2D eigenvalue weighted by molar-refractivity contribution is -0.121. The number of rotatable bonds is 9. The zero-order valence-corrected chi connectivity index (χ0v) is 18.9. The third kappa shape index (κ3) is 6.35. The van der Waals surface area contributed by atoms with Gasteiger partial charge in [-0.3, -0.25) is 19.4 Å². The van der Waals surface area contributed by atoms with E-state index in [1.165, 1.54) is 6.07 Å². The number of H-pyrrole nitrogens is 1. The Morgan fingerprint density at radius 1 is 0.971 bits per heavy atom. The normalized spacial score (nSPS) is 10.8. The Morgan fingerprint density at radius 2 is 1.83 bits per heavy atom. The SMILES string of the molecule is O=C(CCCC(=O)Nc1cc(Cc2cccc3c(=O)[nH]ncc23)ccc1F)NCc1ccccn1. The topological polar surface area (TPSA) is 117 Å². The maximum atomic E-state index is 14.3. The maximum Gasteiger partial charge on any atom is 0.272 e. The van der Waals surface area contributed by atoms with Crippen molar-refractivity contribution >= 4 is 28.3 Å². The van der Waals surface area contributed by atoms with Gasteiger partial charge in [0.25, 0.3) is 5.56 Å². The third-order valence-corrected chi connectivity index (χ3v) is 5.50. The highest BCUT2D eigenvalue weighted by Gasteiger charge is 2.11. The van der Waals surface area contributed by atoms with E-state index >= 15 is 0 Å². The quantitative estimate of drug-likeness (QED) is 0.344. The molecule has 2 aromatic heterocycles. The average Bonchev–Trinajstić information content (AvgIpc) is 2.86. The van der Waals surface area contributed by atoms with E-state index < -0.39 is 5.82 Å². The maximum absolute atomic E-state index is 14.3. The number of carbonyl (C=O) groups is 2. The summed E-state index contributed by atoms with van der Waals surface area (Å²) in [6.07, 6.45) is 4.27. The Hall–Kier alpha value is -4.40. The molecule has 0 saturated heterocycles. The highest BCUT2D eigenvalue weighted by atomic mass is 19.1. The van der Waals surface area contributed by atoms with Crippen molar-refractivity contribution < 1.29 is 14.0 Å². The largest absolute Gasteiger partial charge is 0.350 e. The highest BCUT2D eigenvalue weighted by molar-refractivity contribution is 5.91. The van der Waals surface area contributed by atoms with Crippen molar-refractivity contribution in [3.05, 3.63) is 100.0 Å². The molecule has 0 bridgehead atoms. The molecule has 0 aliphatic carbocycles. The molecule has 0 fully saturated rings. The number of pyridine rings is 1. The summed E-state index contributed by atoms with van der Waals surface area (Å²) in [5.41, 5.74) is 2.18. The molecule has 0 unspecified atom stereocenters. The van der Waals surface area contributed by atoms with Crippen LogP contribution in [-0.4, -0.2) is 27.0 Å². The van der Waals surface area contributed by atoms with E-state index in [1.807, 2.05) is 18.2 Å². The number of fused-ring (bicyclic) bond motifs is 1. The summed E-state index contributed by atoms with van der Waals surface area (Å²) in [5.74, 6) is -1.11. The Balaban J connectivity index is 1.32. The van der Waals surface area contributed by atoms with Gasteiger partial charge in [0.15, 0.2) is 0 Å². The Bertz CT molecular complexity index is 1410. The number of amides is 2. The van der Waals surface area contributed by atoms with E-state index in [9.17, 15) is 18.8 Å². The van der Waals surface area contributed by atoms with Crippen LogP contribution in [0.5, 0.6) is 0 Å². The summed E-state index contributed by atoms with van der Waals surface area (Å²) in [7, 11) is 0. The number of nitrogens with zero attached hydrogens (tertiary/aromatic N) is 2. The number of anilines is 1. The molecule has 0 saturated carbocycles. The molecule has 0 spiro atoms. The van der Waals surface area contributed by atoms with Gasteiger partial charge in [-0.2, -0.15) is 5.10 Å². The van der Waals surface area contributed by atoms with Crippen molar-refractivity contribution in [3.8, 4) is 0 Å². The van der Waals surface area contributed by atoms with E-state index in [2.05, 4.69) is 25.8 Å². The molecule has 0 radical (unpaired) electrons. The molecule has 178 valence electrons. The number of aromatic amines is 1. The molecule has 8 nitrogen and oxygen atoms in total. The lowest BCUT2D eigenvalue weighted by Gasteiger charge is -2.10. The first kappa shape index (κ1) is 23.7. The second-order valence-corrected chi connectivity index (χ2v) is 8.07. The van der Waals surface area contributed by atoms with Crippen molar-refractivity contribution in [3.63, 3.8) is 0 Å². The lowest BCUT2D eigenvalue weighted by Crippen LogP contribution is -2.23. The molecular weight excluding hydrogens is 449 g/mol. The van der Waals surface area contributed by atoms with Crippen LogP contribution in [0.1, 0.15) is 36.1 Å². The molecule has 0 atom stereocenters. The van der Waals surface area contributed by atoms with Gasteiger partial charge < -0.3 is 10.6 Å². The second-order valence-electron chi connectivity index (χ2n) is 8.07. The summed E-state index contributed by atoms with van der Waals surface area (Å²) >= 11 is 0. The van der Waals surface area contributed by atoms with E-state index in [-0.39, 0.29) is 35.9 Å². The predicted molar refractivity (Wildman–Crippen MR) is 130 cm³/mol. The van der Waals surface area contributed by atoms with Crippen LogP contribution in [-0.2, 0) is 22.6 Å². The van der Waals surface area contributed by atoms with E-state index in [1.54, 1.807) is 42.7 Å². The fraction of sp³-hybridized carbons (Fsp3) is 0.192. The van der Waals surface area contributed by atoms with Gasteiger partial charge in [0.05, 0.1) is 29.5 Å². The second kappa shape index (κ2) is 11.1. The van der Waals surface area contributed by atoms with Crippen molar-refractivity contribution in [2.75, 3.05) is 5.32 Å². The first-order valence-electron chi connectivity index (χ1n) is 11.2. The van der Waals surface area contributed by atoms with Crippen LogP contribution < -0.4 is 16.2 Å². The van der Waals surface area contributed by atoms with Gasteiger partial charge in [-0.25, -0.2) is 9.49 Å². The number of aromatic nitrogens is 3. The number of hydrogen-bond donors (Lipinski definition) is 3. The van der Waals surface area contributed by atoms with Crippen molar-refractivity contribution in [2.45, 2.75) is 32.2 Å². The van der Waals surface area contributed by atoms with Crippen LogP contribution in [0.2, 0.25) is 0 Å². The fourth-order valence-electron chi connectivity index (χ4n) is 3.73. The van der Waals surface area contributed by atoms with E-state index in [4.69, 9.17) is 0 Å². The minimum Gasteiger partial charge on any atom is -0.350 e. The summed E-state index contributed by atoms with van der Waals surface area (Å²) < 4.78 is 14.3. The van der Waals surface area contributed by atoms with Gasteiger partial charge in [0.1, 0.15) is 5.82 Å². The van der Waals surface area contributed by atoms with Gasteiger partial charge in [-0.15, -0.1) is 0 Å². The first-order chi connectivity index (χ1) is 17.0. The monoisotopic (exact) mass is 473 g/mol. The molecule has 35 heavy (non-hydrogen) atoms. The van der Waals surface area contributed by atoms with Gasteiger partial charge in [-0.05, 0) is 54.3 Å². The molecular formula is C26H24FN5O3. The number of nitrogens with one attached hydrogen (secondary N) is 3. The molecule has 2 amide bonds. The molecule has 4 aromatic rings.